The molecule has 0 saturated heterocycles. The molecule has 0 spiro atoms. The number of aromatic nitrogens is 2. The molecule has 2 aromatic rings. The van der Waals surface area contributed by atoms with E-state index in [9.17, 15) is 4.39 Å². The van der Waals surface area contributed by atoms with Gasteiger partial charge in [-0.2, -0.15) is 5.10 Å². The zero-order valence-electron chi connectivity index (χ0n) is 13.6. The molecule has 0 amide bonds. The molecule has 5 heteroatoms. The second-order valence-corrected chi connectivity index (χ2v) is 6.25. The summed E-state index contributed by atoms with van der Waals surface area (Å²) in [5.41, 5.74) is 1.94. The Balaban J connectivity index is 1.69. The summed E-state index contributed by atoms with van der Waals surface area (Å²) in [4.78, 5) is 0. The number of halogens is 1. The Morgan fingerprint density at radius 1 is 1.26 bits per heavy atom. The zero-order chi connectivity index (χ0) is 16.1. The Morgan fingerprint density at radius 2 is 2.00 bits per heavy atom. The van der Waals surface area contributed by atoms with Crippen molar-refractivity contribution in [3.63, 3.8) is 0 Å². The molecule has 1 fully saturated rings. The molecule has 0 bridgehead atoms. The maximum absolute atomic E-state index is 13.0. The van der Waals surface area contributed by atoms with E-state index in [1.165, 1.54) is 37.8 Å². The van der Waals surface area contributed by atoms with E-state index in [1.807, 2.05) is 17.8 Å². The van der Waals surface area contributed by atoms with Crippen molar-refractivity contribution in [2.24, 2.45) is 5.92 Å². The highest BCUT2D eigenvalue weighted by Crippen LogP contribution is 2.28. The standard InChI is InChI=1S/C18H24FN3O/c1-20-11-17-10-18(22(21-17)12-14-4-2-3-5-14)23-13-15-6-8-16(19)9-7-15/h6-10,14,20H,2-5,11-13H2,1H3. The van der Waals surface area contributed by atoms with Crippen LogP contribution in [0.5, 0.6) is 5.88 Å². The van der Waals surface area contributed by atoms with Crippen molar-refractivity contribution in [3.8, 4) is 5.88 Å². The van der Waals surface area contributed by atoms with Crippen LogP contribution in [0.1, 0.15) is 36.9 Å². The molecule has 1 heterocycles. The molecular weight excluding hydrogens is 293 g/mol. The van der Waals surface area contributed by atoms with Gasteiger partial charge in [0.25, 0.3) is 0 Å². The molecule has 1 aliphatic rings. The van der Waals surface area contributed by atoms with Gasteiger partial charge in [-0.1, -0.05) is 25.0 Å². The first-order valence-corrected chi connectivity index (χ1v) is 8.33. The maximum Gasteiger partial charge on any atom is 0.212 e. The van der Waals surface area contributed by atoms with Crippen LogP contribution in [0.3, 0.4) is 0 Å². The largest absolute Gasteiger partial charge is 0.473 e. The quantitative estimate of drug-likeness (QED) is 0.849. The highest BCUT2D eigenvalue weighted by atomic mass is 19.1. The van der Waals surface area contributed by atoms with Gasteiger partial charge >= 0.3 is 0 Å². The Kier molecular flexibility index (Phi) is 5.28. The Morgan fingerprint density at radius 3 is 2.70 bits per heavy atom. The molecule has 124 valence electrons. The summed E-state index contributed by atoms with van der Waals surface area (Å²) in [5.74, 6) is 1.27. The summed E-state index contributed by atoms with van der Waals surface area (Å²) >= 11 is 0. The lowest BCUT2D eigenvalue weighted by atomic mass is 10.1. The maximum atomic E-state index is 13.0. The van der Waals surface area contributed by atoms with Crippen molar-refractivity contribution < 1.29 is 9.13 Å². The van der Waals surface area contributed by atoms with Crippen molar-refractivity contribution >= 4 is 0 Å². The van der Waals surface area contributed by atoms with Crippen LogP contribution in [0.25, 0.3) is 0 Å². The van der Waals surface area contributed by atoms with Crippen LogP contribution in [0, 0.1) is 11.7 Å². The first-order valence-electron chi connectivity index (χ1n) is 8.33. The first kappa shape index (κ1) is 16.0. The number of benzene rings is 1. The number of nitrogens with zero attached hydrogens (tertiary/aromatic N) is 2. The Labute approximate surface area is 136 Å². The minimum Gasteiger partial charge on any atom is -0.473 e. The van der Waals surface area contributed by atoms with Crippen LogP contribution in [-0.4, -0.2) is 16.8 Å². The van der Waals surface area contributed by atoms with E-state index in [2.05, 4.69) is 10.4 Å². The molecule has 1 aromatic heterocycles. The Hall–Kier alpha value is -1.88. The third-order valence-electron chi connectivity index (χ3n) is 4.36. The van der Waals surface area contributed by atoms with Crippen molar-refractivity contribution in [2.75, 3.05) is 7.05 Å². The van der Waals surface area contributed by atoms with Crippen molar-refractivity contribution in [1.82, 2.24) is 15.1 Å². The van der Waals surface area contributed by atoms with Crippen LogP contribution >= 0.6 is 0 Å². The van der Waals surface area contributed by atoms with Crippen LogP contribution in [0.15, 0.2) is 30.3 Å². The van der Waals surface area contributed by atoms with Crippen molar-refractivity contribution in [2.45, 2.75) is 45.4 Å². The molecule has 4 nitrogen and oxygen atoms in total. The van der Waals surface area contributed by atoms with E-state index >= 15 is 0 Å². The van der Waals surface area contributed by atoms with E-state index in [0.717, 1.165) is 30.2 Å². The van der Waals surface area contributed by atoms with Gasteiger partial charge in [-0.15, -0.1) is 0 Å². The van der Waals surface area contributed by atoms with E-state index in [-0.39, 0.29) is 5.82 Å². The topological polar surface area (TPSA) is 39.1 Å². The van der Waals surface area contributed by atoms with Crippen molar-refractivity contribution in [1.29, 1.82) is 0 Å². The predicted molar refractivity (Wildman–Crippen MR) is 87.7 cm³/mol. The SMILES string of the molecule is CNCc1cc(OCc2ccc(F)cc2)n(CC2CCCC2)n1. The average Bonchev–Trinajstić information content (AvgIpc) is 3.18. The number of nitrogens with one attached hydrogen (secondary N) is 1. The van der Waals surface area contributed by atoms with Gasteiger partial charge < -0.3 is 10.1 Å². The molecule has 1 N–H and O–H groups in total. The molecule has 1 aromatic carbocycles. The number of hydrogen-bond donors (Lipinski definition) is 1. The summed E-state index contributed by atoms with van der Waals surface area (Å²) in [7, 11) is 1.91. The van der Waals surface area contributed by atoms with Crippen LogP contribution in [-0.2, 0) is 19.7 Å². The highest BCUT2D eigenvalue weighted by molar-refractivity contribution is 5.19. The number of hydrogen-bond acceptors (Lipinski definition) is 3. The van der Waals surface area contributed by atoms with E-state index in [0.29, 0.717) is 12.5 Å². The van der Waals surface area contributed by atoms with Gasteiger partial charge in [-0.05, 0) is 43.5 Å². The molecule has 0 aliphatic heterocycles. The Bertz CT molecular complexity index is 618. The minimum atomic E-state index is -0.226. The van der Waals surface area contributed by atoms with Crippen LogP contribution in [0.2, 0.25) is 0 Å². The summed E-state index contributed by atoms with van der Waals surface area (Å²) in [5, 5.41) is 7.78. The number of ether oxygens (including phenoxy) is 1. The van der Waals surface area contributed by atoms with Crippen LogP contribution < -0.4 is 10.1 Å². The summed E-state index contributed by atoms with van der Waals surface area (Å²) in [6, 6.07) is 8.42. The molecule has 1 saturated carbocycles. The van der Waals surface area contributed by atoms with E-state index < -0.39 is 0 Å². The summed E-state index contributed by atoms with van der Waals surface area (Å²) in [6.07, 6.45) is 5.19. The third kappa shape index (κ3) is 4.32. The lowest BCUT2D eigenvalue weighted by Gasteiger charge is -2.13. The second kappa shape index (κ2) is 7.59. The minimum absolute atomic E-state index is 0.226. The highest BCUT2D eigenvalue weighted by Gasteiger charge is 2.18. The second-order valence-electron chi connectivity index (χ2n) is 6.25. The fraction of sp³-hybridized carbons (Fsp3) is 0.500. The smallest absolute Gasteiger partial charge is 0.212 e. The van der Waals surface area contributed by atoms with E-state index in [1.54, 1.807) is 12.1 Å². The van der Waals surface area contributed by atoms with Gasteiger partial charge in [0.15, 0.2) is 0 Å². The van der Waals surface area contributed by atoms with Crippen molar-refractivity contribution in [3.05, 3.63) is 47.4 Å². The van der Waals surface area contributed by atoms with Gasteiger partial charge in [0.2, 0.25) is 5.88 Å². The summed E-state index contributed by atoms with van der Waals surface area (Å²) < 4.78 is 20.9. The number of rotatable bonds is 7. The predicted octanol–water partition coefficient (Wildman–Crippen LogP) is 3.51. The molecule has 0 radical (unpaired) electrons. The third-order valence-corrected chi connectivity index (χ3v) is 4.36. The molecule has 3 rings (SSSR count). The van der Waals surface area contributed by atoms with Gasteiger partial charge in [-0.3, -0.25) is 0 Å². The van der Waals surface area contributed by atoms with E-state index in [4.69, 9.17) is 4.74 Å². The summed E-state index contributed by atoms with van der Waals surface area (Å²) in [6.45, 7) is 2.07. The lowest BCUT2D eigenvalue weighted by molar-refractivity contribution is 0.261. The molecule has 1 aliphatic carbocycles. The first-order chi connectivity index (χ1) is 11.2. The fourth-order valence-corrected chi connectivity index (χ4v) is 3.14. The van der Waals surface area contributed by atoms with Gasteiger partial charge in [0, 0.05) is 19.2 Å². The lowest BCUT2D eigenvalue weighted by Crippen LogP contribution is -2.12. The van der Waals surface area contributed by atoms with Gasteiger partial charge in [0.05, 0.1) is 5.69 Å². The fourth-order valence-electron chi connectivity index (χ4n) is 3.14. The zero-order valence-corrected chi connectivity index (χ0v) is 13.6. The van der Waals surface area contributed by atoms with Crippen LogP contribution in [0.4, 0.5) is 4.39 Å². The van der Waals surface area contributed by atoms with Gasteiger partial charge in [0.1, 0.15) is 12.4 Å². The van der Waals surface area contributed by atoms with Gasteiger partial charge in [-0.25, -0.2) is 9.07 Å². The average molecular weight is 317 g/mol. The molecular formula is C18H24FN3O. The molecule has 0 unspecified atom stereocenters. The monoisotopic (exact) mass is 317 g/mol. The normalized spacial score (nSPS) is 15.2. The molecule has 23 heavy (non-hydrogen) atoms. The molecule has 0 atom stereocenters.